The Kier molecular flexibility index (Phi) is 2.41. The van der Waals surface area contributed by atoms with Crippen LogP contribution in [0.25, 0.3) is 15.7 Å². The fraction of sp³-hybridized carbons (Fsp3) is 0.333. The van der Waals surface area contributed by atoms with Crippen LogP contribution in [0.2, 0.25) is 0 Å². The smallest absolute Gasteiger partial charge is 0.235 e. The molecule has 0 aromatic carbocycles. The van der Waals surface area contributed by atoms with Crippen molar-refractivity contribution >= 4 is 16.3 Å². The molecule has 0 spiro atoms. The van der Waals surface area contributed by atoms with Crippen molar-refractivity contribution in [3.05, 3.63) is 30.2 Å². The lowest BCUT2D eigenvalue weighted by atomic mass is 9.96. The lowest BCUT2D eigenvalue weighted by Crippen LogP contribution is -2.16. The number of rotatable bonds is 1. The van der Waals surface area contributed by atoms with Gasteiger partial charge in [0.25, 0.3) is 0 Å². The molecule has 0 aliphatic rings. The maximum Gasteiger partial charge on any atom is 0.235 e. The van der Waals surface area contributed by atoms with Crippen molar-refractivity contribution in [1.82, 2.24) is 24.8 Å². The topological polar surface area (TPSA) is 56.0 Å². The highest BCUT2D eigenvalue weighted by atomic mass is 32.1. The second-order valence-corrected chi connectivity index (χ2v) is 6.05. The standard InChI is InChI=1S/C12H13N5S/c1-12(2,3)10-14-15-11-17(10)16-9(18-11)8-6-4-5-7-13-8/h4-7H,1-3H3. The molecule has 0 aliphatic heterocycles. The molecule has 3 aromatic rings. The van der Waals surface area contributed by atoms with Crippen LogP contribution in [-0.4, -0.2) is 24.8 Å². The predicted octanol–water partition coefficient (Wildman–Crippen LogP) is 2.55. The summed E-state index contributed by atoms with van der Waals surface area (Å²) in [7, 11) is 0. The van der Waals surface area contributed by atoms with E-state index in [-0.39, 0.29) is 5.41 Å². The van der Waals surface area contributed by atoms with Gasteiger partial charge in [-0.3, -0.25) is 4.98 Å². The second kappa shape index (κ2) is 3.84. The molecule has 18 heavy (non-hydrogen) atoms. The van der Waals surface area contributed by atoms with Crippen LogP contribution in [0, 0.1) is 0 Å². The van der Waals surface area contributed by atoms with Gasteiger partial charge in [-0.2, -0.15) is 9.61 Å². The van der Waals surface area contributed by atoms with Crippen molar-refractivity contribution in [1.29, 1.82) is 0 Å². The van der Waals surface area contributed by atoms with E-state index in [2.05, 4.69) is 41.1 Å². The third kappa shape index (κ3) is 1.78. The first-order chi connectivity index (χ1) is 8.55. The van der Waals surface area contributed by atoms with E-state index in [1.807, 2.05) is 22.7 Å². The molecule has 0 saturated heterocycles. The number of pyridine rings is 1. The Morgan fingerprint density at radius 1 is 1.17 bits per heavy atom. The van der Waals surface area contributed by atoms with E-state index in [4.69, 9.17) is 0 Å². The molecule has 0 radical (unpaired) electrons. The van der Waals surface area contributed by atoms with Crippen molar-refractivity contribution in [3.63, 3.8) is 0 Å². The number of hydrogen-bond acceptors (Lipinski definition) is 5. The predicted molar refractivity (Wildman–Crippen MR) is 70.6 cm³/mol. The van der Waals surface area contributed by atoms with Crippen molar-refractivity contribution in [2.24, 2.45) is 0 Å². The van der Waals surface area contributed by atoms with E-state index in [1.165, 1.54) is 11.3 Å². The van der Waals surface area contributed by atoms with Crippen LogP contribution in [-0.2, 0) is 5.41 Å². The van der Waals surface area contributed by atoms with E-state index in [1.54, 1.807) is 6.20 Å². The zero-order chi connectivity index (χ0) is 12.8. The lowest BCUT2D eigenvalue weighted by Gasteiger charge is -2.13. The van der Waals surface area contributed by atoms with Gasteiger partial charge in [-0.1, -0.05) is 38.2 Å². The average molecular weight is 259 g/mol. The number of aromatic nitrogens is 5. The Morgan fingerprint density at radius 2 is 2.00 bits per heavy atom. The van der Waals surface area contributed by atoms with Gasteiger partial charge in [0.15, 0.2) is 10.8 Å². The minimum Gasteiger partial charge on any atom is -0.254 e. The van der Waals surface area contributed by atoms with Gasteiger partial charge in [-0.25, -0.2) is 0 Å². The highest BCUT2D eigenvalue weighted by Gasteiger charge is 2.23. The summed E-state index contributed by atoms with van der Waals surface area (Å²) in [6.45, 7) is 6.30. The Balaban J connectivity index is 2.16. The molecule has 0 aliphatic carbocycles. The minimum atomic E-state index is -0.0745. The van der Waals surface area contributed by atoms with Crippen molar-refractivity contribution in [3.8, 4) is 10.7 Å². The number of fused-ring (bicyclic) bond motifs is 1. The minimum absolute atomic E-state index is 0.0745. The molecular weight excluding hydrogens is 246 g/mol. The first-order valence-corrected chi connectivity index (χ1v) is 6.51. The van der Waals surface area contributed by atoms with Gasteiger partial charge in [0.1, 0.15) is 5.69 Å². The van der Waals surface area contributed by atoms with Crippen LogP contribution in [0.1, 0.15) is 26.6 Å². The molecule has 3 rings (SSSR count). The first-order valence-electron chi connectivity index (χ1n) is 5.70. The Hall–Kier alpha value is -1.82. The summed E-state index contributed by atoms with van der Waals surface area (Å²) in [5.41, 5.74) is 0.794. The molecule has 5 nitrogen and oxygen atoms in total. The van der Waals surface area contributed by atoms with Gasteiger partial charge in [0.2, 0.25) is 4.96 Å². The molecule has 0 unspecified atom stereocenters. The molecule has 3 heterocycles. The fourth-order valence-electron chi connectivity index (χ4n) is 1.68. The fourth-order valence-corrected chi connectivity index (χ4v) is 2.49. The van der Waals surface area contributed by atoms with Crippen LogP contribution < -0.4 is 0 Å². The number of nitrogens with zero attached hydrogens (tertiary/aromatic N) is 5. The summed E-state index contributed by atoms with van der Waals surface area (Å²) >= 11 is 1.50. The van der Waals surface area contributed by atoms with E-state index in [0.29, 0.717) is 0 Å². The molecule has 0 amide bonds. The molecule has 0 bridgehead atoms. The molecule has 0 saturated carbocycles. The molecule has 6 heteroatoms. The normalized spacial score (nSPS) is 12.2. The quantitative estimate of drug-likeness (QED) is 0.674. The highest BCUT2D eigenvalue weighted by molar-refractivity contribution is 7.19. The van der Waals surface area contributed by atoms with E-state index in [0.717, 1.165) is 21.5 Å². The average Bonchev–Trinajstić information content (AvgIpc) is 2.87. The monoisotopic (exact) mass is 259 g/mol. The maximum absolute atomic E-state index is 4.56. The molecule has 92 valence electrons. The first kappa shape index (κ1) is 11.3. The third-order valence-corrected chi connectivity index (χ3v) is 3.47. The van der Waals surface area contributed by atoms with Crippen LogP contribution in [0.5, 0.6) is 0 Å². The summed E-state index contributed by atoms with van der Waals surface area (Å²) in [4.78, 5) is 5.11. The van der Waals surface area contributed by atoms with Crippen LogP contribution in [0.15, 0.2) is 24.4 Å². The van der Waals surface area contributed by atoms with Crippen molar-refractivity contribution in [2.45, 2.75) is 26.2 Å². The Bertz CT molecular complexity index is 677. The molecule has 0 N–H and O–H groups in total. The van der Waals surface area contributed by atoms with E-state index < -0.39 is 0 Å². The second-order valence-electron chi connectivity index (χ2n) is 5.09. The largest absolute Gasteiger partial charge is 0.254 e. The lowest BCUT2D eigenvalue weighted by molar-refractivity contribution is 0.528. The van der Waals surface area contributed by atoms with E-state index >= 15 is 0 Å². The summed E-state index contributed by atoms with van der Waals surface area (Å²) < 4.78 is 1.81. The summed E-state index contributed by atoms with van der Waals surface area (Å²) in [6.07, 6.45) is 1.77. The zero-order valence-corrected chi connectivity index (χ0v) is 11.3. The van der Waals surface area contributed by atoms with Gasteiger partial charge >= 0.3 is 0 Å². The Labute approximate surface area is 109 Å². The maximum atomic E-state index is 4.56. The van der Waals surface area contributed by atoms with Crippen LogP contribution in [0.3, 0.4) is 0 Å². The third-order valence-electron chi connectivity index (χ3n) is 2.55. The molecule has 3 aromatic heterocycles. The number of hydrogen-bond donors (Lipinski definition) is 0. The zero-order valence-electron chi connectivity index (χ0n) is 10.5. The van der Waals surface area contributed by atoms with Crippen molar-refractivity contribution in [2.75, 3.05) is 0 Å². The van der Waals surface area contributed by atoms with Gasteiger partial charge in [0, 0.05) is 11.6 Å². The molecule has 0 fully saturated rings. The van der Waals surface area contributed by atoms with Gasteiger partial charge in [-0.15, -0.1) is 10.2 Å². The van der Waals surface area contributed by atoms with Crippen LogP contribution in [0.4, 0.5) is 0 Å². The molecule has 0 atom stereocenters. The van der Waals surface area contributed by atoms with Gasteiger partial charge in [0.05, 0.1) is 0 Å². The summed E-state index contributed by atoms with van der Waals surface area (Å²) in [5, 5.41) is 13.8. The Morgan fingerprint density at radius 3 is 2.67 bits per heavy atom. The van der Waals surface area contributed by atoms with Gasteiger partial charge < -0.3 is 0 Å². The molecular formula is C12H13N5S. The summed E-state index contributed by atoms with van der Waals surface area (Å²) in [6, 6.07) is 5.79. The van der Waals surface area contributed by atoms with Crippen molar-refractivity contribution < 1.29 is 0 Å². The SMILES string of the molecule is CC(C)(C)c1nnc2sc(-c3ccccn3)nn12. The summed E-state index contributed by atoms with van der Waals surface area (Å²) in [5.74, 6) is 0.871. The van der Waals surface area contributed by atoms with E-state index in [9.17, 15) is 0 Å². The highest BCUT2D eigenvalue weighted by Crippen LogP contribution is 2.27. The van der Waals surface area contributed by atoms with Crippen LogP contribution >= 0.6 is 11.3 Å². The van der Waals surface area contributed by atoms with Gasteiger partial charge in [-0.05, 0) is 12.1 Å².